The molecule has 2 N–H and O–H groups in total. The highest BCUT2D eigenvalue weighted by Gasteiger charge is 2.06. The van der Waals surface area contributed by atoms with E-state index >= 15 is 0 Å². The zero-order valence-electron chi connectivity index (χ0n) is 8.59. The monoisotopic (exact) mass is 217 g/mol. The lowest BCUT2D eigenvalue weighted by Crippen LogP contribution is -2.21. The van der Waals surface area contributed by atoms with E-state index in [9.17, 15) is 4.39 Å². The zero-order chi connectivity index (χ0) is 9.84. The molecule has 0 bridgehead atoms. The maximum Gasteiger partial charge on any atom is 0.126 e. The van der Waals surface area contributed by atoms with Crippen molar-refractivity contribution in [2.45, 2.75) is 32.7 Å². The van der Waals surface area contributed by atoms with Gasteiger partial charge in [0.2, 0.25) is 0 Å². The van der Waals surface area contributed by atoms with E-state index in [2.05, 4.69) is 0 Å². The second-order valence-corrected chi connectivity index (χ2v) is 3.40. The van der Waals surface area contributed by atoms with Crippen LogP contribution < -0.4 is 5.73 Å². The number of benzene rings is 1. The average Bonchev–Trinajstić information content (AvgIpc) is 2.13. The van der Waals surface area contributed by atoms with Crippen molar-refractivity contribution >= 4 is 12.4 Å². The van der Waals surface area contributed by atoms with E-state index in [4.69, 9.17) is 5.73 Å². The summed E-state index contributed by atoms with van der Waals surface area (Å²) in [6.07, 6.45) is 1.69. The number of rotatable bonds is 3. The maximum atomic E-state index is 13.1. The Morgan fingerprint density at radius 1 is 1.43 bits per heavy atom. The molecule has 0 radical (unpaired) electrons. The Labute approximate surface area is 90.9 Å². The van der Waals surface area contributed by atoms with Crippen LogP contribution in [-0.2, 0) is 6.42 Å². The molecular weight excluding hydrogens is 201 g/mol. The molecule has 0 saturated carbocycles. The highest BCUT2D eigenvalue weighted by atomic mass is 35.5. The topological polar surface area (TPSA) is 26.0 Å². The summed E-state index contributed by atoms with van der Waals surface area (Å²) in [6.45, 7) is 3.84. The van der Waals surface area contributed by atoms with Crippen LogP contribution in [0.1, 0.15) is 24.5 Å². The summed E-state index contributed by atoms with van der Waals surface area (Å²) >= 11 is 0. The van der Waals surface area contributed by atoms with E-state index in [1.54, 1.807) is 13.0 Å². The Morgan fingerprint density at radius 3 is 2.64 bits per heavy atom. The smallest absolute Gasteiger partial charge is 0.126 e. The van der Waals surface area contributed by atoms with Gasteiger partial charge in [0.25, 0.3) is 0 Å². The molecule has 0 fully saturated rings. The van der Waals surface area contributed by atoms with Crippen molar-refractivity contribution in [3.8, 4) is 0 Å². The van der Waals surface area contributed by atoms with Crippen LogP contribution in [0.4, 0.5) is 4.39 Å². The predicted molar refractivity (Wildman–Crippen MR) is 60.4 cm³/mol. The summed E-state index contributed by atoms with van der Waals surface area (Å²) in [4.78, 5) is 0. The molecule has 1 atom stereocenters. The lowest BCUT2D eigenvalue weighted by atomic mass is 10.00. The summed E-state index contributed by atoms with van der Waals surface area (Å²) in [5.74, 6) is -0.138. The zero-order valence-corrected chi connectivity index (χ0v) is 9.40. The first-order valence-electron chi connectivity index (χ1n) is 4.64. The van der Waals surface area contributed by atoms with Gasteiger partial charge in [-0.25, -0.2) is 4.39 Å². The van der Waals surface area contributed by atoms with Crippen LogP contribution in [0.3, 0.4) is 0 Å². The third-order valence-corrected chi connectivity index (χ3v) is 2.39. The Balaban J connectivity index is 0.00000169. The van der Waals surface area contributed by atoms with Crippen molar-refractivity contribution in [1.82, 2.24) is 0 Å². The molecule has 1 aromatic rings. The molecule has 0 aliphatic rings. The number of nitrogens with two attached hydrogens (primary N) is 1. The molecule has 0 saturated heterocycles. The summed E-state index contributed by atoms with van der Waals surface area (Å²) in [6, 6.07) is 5.30. The first-order valence-corrected chi connectivity index (χ1v) is 4.64. The van der Waals surface area contributed by atoms with Gasteiger partial charge in [0.05, 0.1) is 0 Å². The summed E-state index contributed by atoms with van der Waals surface area (Å²) < 4.78 is 13.1. The van der Waals surface area contributed by atoms with E-state index in [-0.39, 0.29) is 24.3 Å². The SMILES string of the molecule is CCC(N)Cc1cccc(F)c1C.Cl. The standard InChI is InChI=1S/C11H16FN.ClH/c1-3-10(13)7-9-5-4-6-11(12)8(9)2;/h4-6,10H,3,7,13H2,1-2H3;1H. The van der Waals surface area contributed by atoms with Gasteiger partial charge in [0.15, 0.2) is 0 Å². The molecule has 0 heterocycles. The summed E-state index contributed by atoms with van der Waals surface area (Å²) in [5.41, 5.74) is 7.55. The van der Waals surface area contributed by atoms with Gasteiger partial charge in [-0.15, -0.1) is 12.4 Å². The number of hydrogen-bond donors (Lipinski definition) is 1. The van der Waals surface area contributed by atoms with E-state index in [0.29, 0.717) is 0 Å². The molecule has 0 aliphatic carbocycles. The van der Waals surface area contributed by atoms with E-state index in [1.807, 2.05) is 13.0 Å². The van der Waals surface area contributed by atoms with Crippen LogP contribution in [0.5, 0.6) is 0 Å². The van der Waals surface area contributed by atoms with Crippen LogP contribution in [0, 0.1) is 12.7 Å². The van der Waals surface area contributed by atoms with Gasteiger partial charge in [-0.1, -0.05) is 19.1 Å². The molecule has 0 aliphatic heterocycles. The first kappa shape index (κ1) is 13.4. The van der Waals surface area contributed by atoms with Gasteiger partial charge in [-0.3, -0.25) is 0 Å². The van der Waals surface area contributed by atoms with Crippen molar-refractivity contribution in [2.24, 2.45) is 5.73 Å². The minimum atomic E-state index is -0.138. The van der Waals surface area contributed by atoms with Gasteiger partial charge >= 0.3 is 0 Å². The van der Waals surface area contributed by atoms with Gasteiger partial charge in [-0.2, -0.15) is 0 Å². The molecule has 0 amide bonds. The Kier molecular flexibility index (Phi) is 5.73. The molecular formula is C11H17ClFN. The number of halogens is 2. The molecule has 1 unspecified atom stereocenters. The number of hydrogen-bond acceptors (Lipinski definition) is 1. The predicted octanol–water partition coefficient (Wildman–Crippen LogP) is 2.84. The van der Waals surface area contributed by atoms with Crippen molar-refractivity contribution in [2.75, 3.05) is 0 Å². The lowest BCUT2D eigenvalue weighted by Gasteiger charge is -2.11. The fraction of sp³-hybridized carbons (Fsp3) is 0.455. The van der Waals surface area contributed by atoms with Crippen molar-refractivity contribution < 1.29 is 4.39 Å². The molecule has 1 nitrogen and oxygen atoms in total. The normalized spacial score (nSPS) is 12.0. The van der Waals surface area contributed by atoms with Gasteiger partial charge in [0.1, 0.15) is 5.82 Å². The average molecular weight is 218 g/mol. The molecule has 3 heteroatoms. The maximum absolute atomic E-state index is 13.1. The van der Waals surface area contributed by atoms with Crippen molar-refractivity contribution in [3.05, 3.63) is 35.1 Å². The van der Waals surface area contributed by atoms with Crippen LogP contribution in [0.2, 0.25) is 0 Å². The minimum Gasteiger partial charge on any atom is -0.327 e. The fourth-order valence-electron chi connectivity index (χ4n) is 1.30. The highest BCUT2D eigenvalue weighted by Crippen LogP contribution is 2.14. The molecule has 14 heavy (non-hydrogen) atoms. The van der Waals surface area contributed by atoms with E-state index in [1.165, 1.54) is 6.07 Å². The molecule has 0 aromatic heterocycles. The third kappa shape index (κ3) is 3.28. The van der Waals surface area contributed by atoms with Gasteiger partial charge < -0.3 is 5.73 Å². The van der Waals surface area contributed by atoms with Crippen LogP contribution in [-0.4, -0.2) is 6.04 Å². The van der Waals surface area contributed by atoms with E-state index in [0.717, 1.165) is 24.0 Å². The largest absolute Gasteiger partial charge is 0.327 e. The fourth-order valence-corrected chi connectivity index (χ4v) is 1.30. The van der Waals surface area contributed by atoms with Crippen LogP contribution >= 0.6 is 12.4 Å². The lowest BCUT2D eigenvalue weighted by molar-refractivity contribution is 0.604. The second-order valence-electron chi connectivity index (χ2n) is 3.40. The summed E-state index contributed by atoms with van der Waals surface area (Å²) in [5, 5.41) is 0. The van der Waals surface area contributed by atoms with E-state index < -0.39 is 0 Å². The first-order chi connectivity index (χ1) is 6.15. The van der Waals surface area contributed by atoms with Gasteiger partial charge in [-0.05, 0) is 37.0 Å². The minimum absolute atomic E-state index is 0. The highest BCUT2D eigenvalue weighted by molar-refractivity contribution is 5.85. The van der Waals surface area contributed by atoms with Crippen molar-refractivity contribution in [1.29, 1.82) is 0 Å². The molecule has 0 spiro atoms. The molecule has 1 aromatic carbocycles. The Morgan fingerprint density at radius 2 is 2.07 bits per heavy atom. The van der Waals surface area contributed by atoms with Crippen LogP contribution in [0.25, 0.3) is 0 Å². The van der Waals surface area contributed by atoms with Crippen LogP contribution in [0.15, 0.2) is 18.2 Å². The molecule has 80 valence electrons. The Bertz CT molecular complexity index is 289. The Hall–Kier alpha value is -0.600. The van der Waals surface area contributed by atoms with Gasteiger partial charge in [0, 0.05) is 6.04 Å². The third-order valence-electron chi connectivity index (χ3n) is 2.39. The molecule has 1 rings (SSSR count). The summed E-state index contributed by atoms with van der Waals surface area (Å²) in [7, 11) is 0. The second kappa shape index (κ2) is 5.99. The quantitative estimate of drug-likeness (QED) is 0.828. The van der Waals surface area contributed by atoms with Crippen molar-refractivity contribution in [3.63, 3.8) is 0 Å².